The molecule has 0 saturated carbocycles. The Balaban J connectivity index is 1.44. The Kier molecular flexibility index (Phi) is 6.05. The van der Waals surface area contributed by atoms with Crippen molar-refractivity contribution in [2.24, 2.45) is 0 Å². The molecule has 0 saturated heterocycles. The van der Waals surface area contributed by atoms with Crippen molar-refractivity contribution in [2.75, 3.05) is 13.2 Å². The lowest BCUT2D eigenvalue weighted by Gasteiger charge is -2.10. The number of benzene rings is 2. The Labute approximate surface area is 186 Å². The van der Waals surface area contributed by atoms with Crippen LogP contribution in [0, 0.1) is 5.82 Å². The van der Waals surface area contributed by atoms with Gasteiger partial charge in [0.15, 0.2) is 11.5 Å². The van der Waals surface area contributed by atoms with Crippen LogP contribution in [0.3, 0.4) is 0 Å². The van der Waals surface area contributed by atoms with E-state index in [0.29, 0.717) is 17.0 Å². The number of aromatic nitrogens is 4. The predicted octanol–water partition coefficient (Wildman–Crippen LogP) is 3.59. The third-order valence-corrected chi connectivity index (χ3v) is 6.62. The van der Waals surface area contributed by atoms with Crippen molar-refractivity contribution in [2.45, 2.75) is 4.90 Å². The van der Waals surface area contributed by atoms with Crippen LogP contribution in [0.5, 0.6) is 5.88 Å². The van der Waals surface area contributed by atoms with Gasteiger partial charge in [-0.3, -0.25) is 0 Å². The molecule has 0 aliphatic heterocycles. The quantitative estimate of drug-likeness (QED) is 0.405. The lowest BCUT2D eigenvalue weighted by Crippen LogP contribution is -2.28. The Hall–Kier alpha value is -2.79. The maximum atomic E-state index is 13.2. The van der Waals surface area contributed by atoms with Crippen LogP contribution in [0.1, 0.15) is 0 Å². The van der Waals surface area contributed by atoms with Gasteiger partial charge in [-0.2, -0.15) is 4.52 Å². The Morgan fingerprint density at radius 3 is 2.58 bits per heavy atom. The second kappa shape index (κ2) is 8.75. The van der Waals surface area contributed by atoms with Gasteiger partial charge in [-0.15, -0.1) is 15.3 Å². The molecular weight excluding hydrogens is 468 g/mol. The van der Waals surface area contributed by atoms with Crippen LogP contribution in [0.15, 0.2) is 59.5 Å². The van der Waals surface area contributed by atoms with Crippen molar-refractivity contribution in [3.8, 4) is 17.3 Å². The summed E-state index contributed by atoms with van der Waals surface area (Å²) < 4.78 is 47.4. The number of hydrogen-bond acceptors (Lipinski definition) is 6. The standard InChI is InChI=1S/C19H14Cl2FN5O3S/c20-14-2-1-3-15(18(14)21)31(28,29)23-10-11-30-17-9-8-16-24-25-19(27(16)26-17)12-4-6-13(22)7-5-12/h1-9,23H,10-11H2. The number of rotatable bonds is 7. The molecule has 160 valence electrons. The predicted molar refractivity (Wildman–Crippen MR) is 113 cm³/mol. The molecule has 1 N–H and O–H groups in total. The minimum absolute atomic E-state index is 0.00390. The van der Waals surface area contributed by atoms with E-state index in [-0.39, 0.29) is 39.8 Å². The van der Waals surface area contributed by atoms with Gasteiger partial charge in [0, 0.05) is 18.2 Å². The summed E-state index contributed by atoms with van der Waals surface area (Å²) in [6.07, 6.45) is 0. The van der Waals surface area contributed by atoms with E-state index in [1.165, 1.54) is 34.8 Å². The SMILES string of the molecule is O=S(=O)(NCCOc1ccc2nnc(-c3ccc(F)cc3)n2n1)c1cccc(Cl)c1Cl. The van der Waals surface area contributed by atoms with Crippen LogP contribution in [0.25, 0.3) is 17.0 Å². The molecule has 0 aliphatic carbocycles. The molecule has 0 radical (unpaired) electrons. The average Bonchev–Trinajstić information content (AvgIpc) is 3.17. The van der Waals surface area contributed by atoms with Gasteiger partial charge in [-0.05, 0) is 42.5 Å². The third-order valence-electron chi connectivity index (χ3n) is 4.19. The van der Waals surface area contributed by atoms with E-state index < -0.39 is 10.0 Å². The number of sulfonamides is 1. The third kappa shape index (κ3) is 4.62. The minimum atomic E-state index is -3.86. The van der Waals surface area contributed by atoms with Gasteiger partial charge >= 0.3 is 0 Å². The van der Waals surface area contributed by atoms with Crippen molar-refractivity contribution in [1.82, 2.24) is 24.5 Å². The number of nitrogens with one attached hydrogen (secondary N) is 1. The monoisotopic (exact) mass is 481 g/mol. The molecule has 4 rings (SSSR count). The highest BCUT2D eigenvalue weighted by Gasteiger charge is 2.19. The van der Waals surface area contributed by atoms with Crippen molar-refractivity contribution >= 4 is 38.9 Å². The lowest BCUT2D eigenvalue weighted by molar-refractivity contribution is 0.306. The molecule has 31 heavy (non-hydrogen) atoms. The first-order valence-electron chi connectivity index (χ1n) is 8.90. The second-order valence-electron chi connectivity index (χ2n) is 6.27. The maximum Gasteiger partial charge on any atom is 0.242 e. The van der Waals surface area contributed by atoms with Crippen LogP contribution in [-0.4, -0.2) is 41.4 Å². The van der Waals surface area contributed by atoms with Gasteiger partial charge in [0.1, 0.15) is 17.3 Å². The number of ether oxygens (including phenoxy) is 1. The largest absolute Gasteiger partial charge is 0.475 e. The highest BCUT2D eigenvalue weighted by Crippen LogP contribution is 2.28. The summed E-state index contributed by atoms with van der Waals surface area (Å²) in [7, 11) is -3.86. The Bertz CT molecular complexity index is 1350. The van der Waals surface area contributed by atoms with Crippen molar-refractivity contribution in [1.29, 1.82) is 0 Å². The Morgan fingerprint density at radius 2 is 1.81 bits per heavy atom. The molecule has 0 fully saturated rings. The Morgan fingerprint density at radius 1 is 1.03 bits per heavy atom. The van der Waals surface area contributed by atoms with E-state index in [1.807, 2.05) is 0 Å². The normalized spacial score (nSPS) is 11.7. The zero-order chi connectivity index (χ0) is 22.0. The molecule has 0 atom stereocenters. The fourth-order valence-corrected chi connectivity index (χ4v) is 4.50. The van der Waals surface area contributed by atoms with Crippen molar-refractivity contribution < 1.29 is 17.5 Å². The van der Waals surface area contributed by atoms with Gasteiger partial charge in [-0.25, -0.2) is 17.5 Å². The van der Waals surface area contributed by atoms with Crippen molar-refractivity contribution in [3.05, 3.63) is 70.5 Å². The molecule has 0 amide bonds. The summed E-state index contributed by atoms with van der Waals surface area (Å²) in [5, 5.41) is 12.5. The topological polar surface area (TPSA) is 98.5 Å². The van der Waals surface area contributed by atoms with Crippen LogP contribution in [0.2, 0.25) is 10.0 Å². The summed E-state index contributed by atoms with van der Waals surface area (Å²) in [6, 6.07) is 13.3. The van der Waals surface area contributed by atoms with Crippen LogP contribution in [0.4, 0.5) is 4.39 Å². The fraction of sp³-hybridized carbons (Fsp3) is 0.105. The first kappa shape index (κ1) is 21.4. The lowest BCUT2D eigenvalue weighted by atomic mass is 10.2. The minimum Gasteiger partial charge on any atom is -0.475 e. The number of hydrogen-bond donors (Lipinski definition) is 1. The first-order valence-corrected chi connectivity index (χ1v) is 11.1. The zero-order valence-electron chi connectivity index (χ0n) is 15.7. The van der Waals surface area contributed by atoms with E-state index in [4.69, 9.17) is 27.9 Å². The number of fused-ring (bicyclic) bond motifs is 1. The molecule has 0 bridgehead atoms. The average molecular weight is 482 g/mol. The maximum absolute atomic E-state index is 13.2. The molecule has 2 heterocycles. The smallest absolute Gasteiger partial charge is 0.242 e. The summed E-state index contributed by atoms with van der Waals surface area (Å²) in [4.78, 5) is -0.116. The van der Waals surface area contributed by atoms with E-state index >= 15 is 0 Å². The molecule has 2 aromatic carbocycles. The van der Waals surface area contributed by atoms with Crippen molar-refractivity contribution in [3.63, 3.8) is 0 Å². The number of nitrogens with zero attached hydrogens (tertiary/aromatic N) is 4. The summed E-state index contributed by atoms with van der Waals surface area (Å²) >= 11 is 11.9. The van der Waals surface area contributed by atoms with E-state index in [1.54, 1.807) is 24.3 Å². The zero-order valence-corrected chi connectivity index (χ0v) is 18.0. The number of halogens is 3. The summed E-state index contributed by atoms with van der Waals surface area (Å²) in [5.41, 5.74) is 1.10. The molecule has 8 nitrogen and oxygen atoms in total. The van der Waals surface area contributed by atoms with Gasteiger partial charge in [0.2, 0.25) is 15.9 Å². The van der Waals surface area contributed by atoms with E-state index in [9.17, 15) is 12.8 Å². The molecule has 0 spiro atoms. The molecule has 2 aromatic heterocycles. The van der Waals surface area contributed by atoms with Gasteiger partial charge in [-0.1, -0.05) is 29.3 Å². The molecule has 4 aromatic rings. The second-order valence-corrected chi connectivity index (χ2v) is 8.79. The highest BCUT2D eigenvalue weighted by molar-refractivity contribution is 7.89. The van der Waals surface area contributed by atoms with Crippen LogP contribution < -0.4 is 9.46 Å². The molecule has 0 aliphatic rings. The highest BCUT2D eigenvalue weighted by atomic mass is 35.5. The molecule has 12 heteroatoms. The van der Waals surface area contributed by atoms with E-state index in [0.717, 1.165) is 0 Å². The van der Waals surface area contributed by atoms with Crippen LogP contribution in [-0.2, 0) is 10.0 Å². The van der Waals surface area contributed by atoms with Gasteiger partial charge in [0.05, 0.1) is 10.0 Å². The van der Waals surface area contributed by atoms with Crippen LogP contribution >= 0.6 is 23.2 Å². The summed E-state index contributed by atoms with van der Waals surface area (Å²) in [6.45, 7) is -0.0260. The van der Waals surface area contributed by atoms with E-state index in [2.05, 4.69) is 20.0 Å². The first-order chi connectivity index (χ1) is 14.8. The fourth-order valence-electron chi connectivity index (χ4n) is 2.73. The molecule has 0 unspecified atom stereocenters. The summed E-state index contributed by atoms with van der Waals surface area (Å²) in [5.74, 6) is 0.281. The van der Waals surface area contributed by atoms with Gasteiger partial charge < -0.3 is 4.74 Å². The van der Waals surface area contributed by atoms with Gasteiger partial charge in [0.25, 0.3) is 0 Å². The molecular formula is C19H14Cl2FN5O3S.